The fourth-order valence-electron chi connectivity index (χ4n) is 0.973. The third-order valence-electron chi connectivity index (χ3n) is 1.40. The molecule has 0 amide bonds. The molecule has 1 fully saturated rings. The SMILES string of the molecule is [CH2]CCC1NCCN1. The standard InChI is InChI=1S/C6H13N2/c1-2-3-6-7-4-5-8-6/h6-8H,1-5H2. The molecule has 0 bridgehead atoms. The molecule has 0 aromatic rings. The number of nitrogens with one attached hydrogen (secondary N) is 2. The highest BCUT2D eigenvalue weighted by atomic mass is 15.2. The predicted octanol–water partition coefficient (Wildman–Crippen LogP) is 0.120. The van der Waals surface area contributed by atoms with Crippen molar-refractivity contribution in [3.05, 3.63) is 6.92 Å². The van der Waals surface area contributed by atoms with Gasteiger partial charge in [-0.25, -0.2) is 0 Å². The van der Waals surface area contributed by atoms with Crippen LogP contribution in [0.2, 0.25) is 0 Å². The van der Waals surface area contributed by atoms with Gasteiger partial charge in [0.25, 0.3) is 0 Å². The fraction of sp³-hybridized carbons (Fsp3) is 0.833. The maximum absolute atomic E-state index is 3.77. The first-order valence-electron chi connectivity index (χ1n) is 3.19. The van der Waals surface area contributed by atoms with Crippen molar-refractivity contribution < 1.29 is 0 Å². The smallest absolute Gasteiger partial charge is 0.0572 e. The van der Waals surface area contributed by atoms with Gasteiger partial charge in [0.15, 0.2) is 0 Å². The third kappa shape index (κ3) is 1.46. The molecule has 1 saturated heterocycles. The monoisotopic (exact) mass is 113 g/mol. The highest BCUT2D eigenvalue weighted by molar-refractivity contribution is 4.72. The van der Waals surface area contributed by atoms with Gasteiger partial charge in [-0.3, -0.25) is 0 Å². The van der Waals surface area contributed by atoms with Gasteiger partial charge in [0.2, 0.25) is 0 Å². The molecule has 1 rings (SSSR count). The van der Waals surface area contributed by atoms with Gasteiger partial charge < -0.3 is 10.6 Å². The first kappa shape index (κ1) is 6.05. The van der Waals surface area contributed by atoms with Crippen molar-refractivity contribution in [1.82, 2.24) is 10.6 Å². The molecule has 0 unspecified atom stereocenters. The van der Waals surface area contributed by atoms with Crippen LogP contribution in [-0.2, 0) is 0 Å². The average Bonchev–Trinajstić information content (AvgIpc) is 2.19. The zero-order valence-electron chi connectivity index (χ0n) is 5.11. The minimum Gasteiger partial charge on any atom is -0.301 e. The molecule has 2 nitrogen and oxygen atoms in total. The van der Waals surface area contributed by atoms with Crippen molar-refractivity contribution in [2.24, 2.45) is 0 Å². The van der Waals surface area contributed by atoms with Gasteiger partial charge in [0, 0.05) is 13.1 Å². The lowest BCUT2D eigenvalue weighted by molar-refractivity contribution is 0.517. The molecule has 1 aliphatic heterocycles. The summed E-state index contributed by atoms with van der Waals surface area (Å²) in [7, 11) is 0. The van der Waals surface area contributed by atoms with Crippen LogP contribution in [0.5, 0.6) is 0 Å². The summed E-state index contributed by atoms with van der Waals surface area (Å²) in [5, 5.41) is 6.61. The Labute approximate surface area is 50.7 Å². The molecule has 0 atom stereocenters. The Morgan fingerprint density at radius 3 is 2.50 bits per heavy atom. The molecule has 0 aromatic heterocycles. The number of rotatable bonds is 2. The fourth-order valence-corrected chi connectivity index (χ4v) is 0.973. The van der Waals surface area contributed by atoms with Gasteiger partial charge in [-0.15, -0.1) is 0 Å². The molecule has 1 aliphatic rings. The highest BCUT2D eigenvalue weighted by Gasteiger charge is 2.09. The van der Waals surface area contributed by atoms with E-state index in [1.54, 1.807) is 0 Å². The van der Waals surface area contributed by atoms with Gasteiger partial charge >= 0.3 is 0 Å². The summed E-state index contributed by atoms with van der Waals surface area (Å²) in [6, 6.07) is 0. The summed E-state index contributed by atoms with van der Waals surface area (Å²) in [6.45, 7) is 6.00. The maximum atomic E-state index is 3.77. The Balaban J connectivity index is 2.06. The van der Waals surface area contributed by atoms with Crippen molar-refractivity contribution in [3.8, 4) is 0 Å². The Morgan fingerprint density at radius 1 is 1.38 bits per heavy atom. The Kier molecular flexibility index (Phi) is 2.30. The lowest BCUT2D eigenvalue weighted by Crippen LogP contribution is -2.30. The van der Waals surface area contributed by atoms with Crippen LogP contribution in [0.25, 0.3) is 0 Å². The van der Waals surface area contributed by atoms with Crippen molar-refractivity contribution >= 4 is 0 Å². The summed E-state index contributed by atoms with van der Waals surface area (Å²) < 4.78 is 0. The first-order chi connectivity index (χ1) is 3.93. The van der Waals surface area contributed by atoms with E-state index >= 15 is 0 Å². The molecule has 1 heterocycles. The summed E-state index contributed by atoms with van der Waals surface area (Å²) in [5.41, 5.74) is 0. The maximum Gasteiger partial charge on any atom is 0.0572 e. The summed E-state index contributed by atoms with van der Waals surface area (Å²) in [6.07, 6.45) is 2.72. The molecular formula is C6H13N2. The third-order valence-corrected chi connectivity index (χ3v) is 1.40. The normalized spacial score (nSPS) is 22.1. The van der Waals surface area contributed by atoms with E-state index < -0.39 is 0 Å². The quantitative estimate of drug-likeness (QED) is 0.531. The van der Waals surface area contributed by atoms with E-state index in [0.717, 1.165) is 25.9 Å². The van der Waals surface area contributed by atoms with Crippen LogP contribution in [0.4, 0.5) is 0 Å². The second kappa shape index (κ2) is 3.05. The Bertz CT molecular complexity index is 57.5. The topological polar surface area (TPSA) is 24.1 Å². The number of hydrogen-bond donors (Lipinski definition) is 2. The Morgan fingerprint density at radius 2 is 2.00 bits per heavy atom. The zero-order chi connectivity index (χ0) is 5.82. The van der Waals surface area contributed by atoms with Gasteiger partial charge in [-0.1, -0.05) is 13.3 Å². The first-order valence-corrected chi connectivity index (χ1v) is 3.19. The molecule has 0 saturated carbocycles. The van der Waals surface area contributed by atoms with Crippen LogP contribution in [0.1, 0.15) is 12.8 Å². The highest BCUT2D eigenvalue weighted by Crippen LogP contribution is 1.94. The van der Waals surface area contributed by atoms with E-state index in [-0.39, 0.29) is 0 Å². The Hall–Kier alpha value is -0.0800. The van der Waals surface area contributed by atoms with E-state index in [4.69, 9.17) is 0 Å². The largest absolute Gasteiger partial charge is 0.301 e. The van der Waals surface area contributed by atoms with Gasteiger partial charge in [0.05, 0.1) is 6.17 Å². The summed E-state index contributed by atoms with van der Waals surface area (Å²) >= 11 is 0. The molecule has 2 heteroatoms. The lowest BCUT2D eigenvalue weighted by atomic mass is 10.3. The molecule has 1 radical (unpaired) electrons. The van der Waals surface area contributed by atoms with Crippen LogP contribution in [0, 0.1) is 6.92 Å². The van der Waals surface area contributed by atoms with E-state index in [1.807, 2.05) is 0 Å². The van der Waals surface area contributed by atoms with E-state index in [0.29, 0.717) is 6.17 Å². The van der Waals surface area contributed by atoms with Gasteiger partial charge in [-0.05, 0) is 6.42 Å². The minimum absolute atomic E-state index is 0.549. The molecular weight excluding hydrogens is 100 g/mol. The average molecular weight is 113 g/mol. The second-order valence-corrected chi connectivity index (χ2v) is 2.10. The molecule has 47 valence electrons. The number of hydrogen-bond acceptors (Lipinski definition) is 2. The summed E-state index contributed by atoms with van der Waals surface area (Å²) in [4.78, 5) is 0. The lowest BCUT2D eigenvalue weighted by Gasteiger charge is -2.06. The molecule has 0 spiro atoms. The van der Waals surface area contributed by atoms with Crippen molar-refractivity contribution in [1.29, 1.82) is 0 Å². The van der Waals surface area contributed by atoms with Crippen LogP contribution >= 0.6 is 0 Å². The van der Waals surface area contributed by atoms with E-state index in [9.17, 15) is 0 Å². The van der Waals surface area contributed by atoms with Crippen molar-refractivity contribution in [3.63, 3.8) is 0 Å². The van der Waals surface area contributed by atoms with E-state index in [1.165, 1.54) is 0 Å². The molecule has 2 N–H and O–H groups in total. The van der Waals surface area contributed by atoms with E-state index in [2.05, 4.69) is 17.6 Å². The van der Waals surface area contributed by atoms with Crippen LogP contribution < -0.4 is 10.6 Å². The van der Waals surface area contributed by atoms with Gasteiger partial charge in [0.1, 0.15) is 0 Å². The predicted molar refractivity (Wildman–Crippen MR) is 34.4 cm³/mol. The van der Waals surface area contributed by atoms with Gasteiger partial charge in [-0.2, -0.15) is 0 Å². The second-order valence-electron chi connectivity index (χ2n) is 2.10. The van der Waals surface area contributed by atoms with Crippen LogP contribution in [0.15, 0.2) is 0 Å². The van der Waals surface area contributed by atoms with Crippen molar-refractivity contribution in [2.45, 2.75) is 19.0 Å². The van der Waals surface area contributed by atoms with Crippen LogP contribution in [-0.4, -0.2) is 19.3 Å². The van der Waals surface area contributed by atoms with Crippen molar-refractivity contribution in [2.75, 3.05) is 13.1 Å². The molecule has 0 aliphatic carbocycles. The molecule has 8 heavy (non-hydrogen) atoms. The summed E-state index contributed by atoms with van der Waals surface area (Å²) in [5.74, 6) is 0. The van der Waals surface area contributed by atoms with Crippen LogP contribution in [0.3, 0.4) is 0 Å². The zero-order valence-corrected chi connectivity index (χ0v) is 5.11. The minimum atomic E-state index is 0.549. The molecule has 0 aromatic carbocycles.